The first-order chi connectivity index (χ1) is 15.1. The maximum atomic E-state index is 5.15. The highest BCUT2D eigenvalue weighted by molar-refractivity contribution is 9.11. The van der Waals surface area contributed by atoms with Gasteiger partial charge in [-0.25, -0.2) is 9.97 Å². The lowest BCUT2D eigenvalue weighted by atomic mass is 10.2. The minimum Gasteiger partial charge on any atom is -0.497 e. The molecule has 0 radical (unpaired) electrons. The van der Waals surface area contributed by atoms with Crippen molar-refractivity contribution in [3.63, 3.8) is 0 Å². The number of terminal acetylenes is 1. The third-order valence-electron chi connectivity index (χ3n) is 3.49. The van der Waals surface area contributed by atoms with Gasteiger partial charge in [-0.15, -0.1) is 29.1 Å². The molecule has 2 aromatic heterocycles. The Labute approximate surface area is 206 Å². The molecule has 2 aromatic carbocycles. The summed E-state index contributed by atoms with van der Waals surface area (Å²) in [6.07, 6.45) is 8.66. The van der Waals surface area contributed by atoms with E-state index in [0.717, 1.165) is 31.6 Å². The topological polar surface area (TPSA) is 44.2 Å². The van der Waals surface area contributed by atoms with Crippen molar-refractivity contribution in [2.24, 2.45) is 0 Å². The van der Waals surface area contributed by atoms with Gasteiger partial charge >= 0.3 is 0 Å². The highest BCUT2D eigenvalue weighted by Gasteiger charge is 1.91. The zero-order chi connectivity index (χ0) is 22.3. The molecule has 0 saturated heterocycles. The second kappa shape index (κ2) is 15.7. The van der Waals surface area contributed by atoms with E-state index in [1.165, 1.54) is 0 Å². The molecule has 164 valence electrons. The number of aromatic nitrogens is 2. The van der Waals surface area contributed by atoms with Crippen LogP contribution in [0.3, 0.4) is 0 Å². The maximum absolute atomic E-state index is 5.15. The summed E-state index contributed by atoms with van der Waals surface area (Å²) >= 11 is 6.31. The molecule has 0 unspecified atom stereocenters. The molecule has 0 aliphatic rings. The molecule has 4 nitrogen and oxygen atoms in total. The molecule has 0 amide bonds. The average molecular weight is 528 g/mol. The summed E-state index contributed by atoms with van der Waals surface area (Å²) in [4.78, 5) is 7.94. The lowest BCUT2D eigenvalue weighted by molar-refractivity contribution is 0.414. The summed E-state index contributed by atoms with van der Waals surface area (Å²) in [6.45, 7) is 0. The van der Waals surface area contributed by atoms with Crippen LogP contribution in [0.4, 0.5) is 0 Å². The molecular formula is C25H23BrN2O2S2. The van der Waals surface area contributed by atoms with E-state index in [4.69, 9.17) is 15.9 Å². The second-order valence-electron chi connectivity index (χ2n) is 5.47. The second-order valence-corrected chi connectivity index (χ2v) is 8.54. The van der Waals surface area contributed by atoms with E-state index in [-0.39, 0.29) is 7.43 Å². The van der Waals surface area contributed by atoms with Crippen molar-refractivity contribution in [2.75, 3.05) is 14.2 Å². The molecule has 7 heteroatoms. The molecule has 2 heterocycles. The summed E-state index contributed by atoms with van der Waals surface area (Å²) in [5.41, 5.74) is 1.84. The van der Waals surface area contributed by atoms with Gasteiger partial charge in [0, 0.05) is 34.3 Å². The molecular weight excluding hydrogens is 504 g/mol. The predicted molar refractivity (Wildman–Crippen MR) is 139 cm³/mol. The molecule has 0 aliphatic carbocycles. The Kier molecular flexibility index (Phi) is 13.2. The Bertz CT molecular complexity index is 1110. The van der Waals surface area contributed by atoms with Gasteiger partial charge in [-0.3, -0.25) is 0 Å². The van der Waals surface area contributed by atoms with Gasteiger partial charge < -0.3 is 9.47 Å². The Morgan fingerprint density at radius 3 is 1.69 bits per heavy atom. The van der Waals surface area contributed by atoms with Crippen LogP contribution in [0.15, 0.2) is 75.6 Å². The first kappa shape index (κ1) is 26.9. The minimum atomic E-state index is 0. The first-order valence-corrected chi connectivity index (χ1v) is 11.4. The van der Waals surface area contributed by atoms with Crippen LogP contribution in [-0.4, -0.2) is 24.2 Å². The molecule has 0 N–H and O–H groups in total. The van der Waals surface area contributed by atoms with Crippen LogP contribution in [-0.2, 0) is 0 Å². The van der Waals surface area contributed by atoms with Crippen LogP contribution in [0.2, 0.25) is 0 Å². The number of ether oxygens (including phenoxy) is 2. The molecule has 0 fully saturated rings. The van der Waals surface area contributed by atoms with Gasteiger partial charge in [-0.2, -0.15) is 0 Å². The van der Waals surface area contributed by atoms with Crippen molar-refractivity contribution in [1.82, 2.24) is 9.97 Å². The first-order valence-electron chi connectivity index (χ1n) is 8.86. The summed E-state index contributed by atoms with van der Waals surface area (Å²) in [6, 6.07) is 15.0. The highest BCUT2D eigenvalue weighted by Crippen LogP contribution is 2.11. The number of hydrogen-bond donors (Lipinski definition) is 0. The number of hydrogen-bond acceptors (Lipinski definition) is 6. The molecule has 32 heavy (non-hydrogen) atoms. The number of rotatable bonds is 2. The SMILES string of the molecule is Brc1nccs1.C.C#Cc1ccc(OC)cc1.COc1ccc(C#Cc2nccs2)cc1. The number of thiazole rings is 2. The smallest absolute Gasteiger partial charge is 0.167 e. The van der Waals surface area contributed by atoms with Crippen molar-refractivity contribution < 1.29 is 9.47 Å². The van der Waals surface area contributed by atoms with Crippen molar-refractivity contribution >= 4 is 38.6 Å². The fourth-order valence-corrected chi connectivity index (χ4v) is 3.26. The Balaban J connectivity index is 0.000000260. The fourth-order valence-electron chi connectivity index (χ4n) is 1.98. The third-order valence-corrected chi connectivity index (χ3v) is 5.51. The normalized spacial score (nSPS) is 8.56. The largest absolute Gasteiger partial charge is 0.497 e. The quantitative estimate of drug-likeness (QED) is 0.270. The van der Waals surface area contributed by atoms with Crippen molar-refractivity contribution in [3.05, 3.63) is 91.7 Å². The van der Waals surface area contributed by atoms with E-state index in [1.54, 1.807) is 49.3 Å². The van der Waals surface area contributed by atoms with Crippen LogP contribution < -0.4 is 9.47 Å². The van der Waals surface area contributed by atoms with Crippen LogP contribution >= 0.6 is 38.6 Å². The number of benzene rings is 2. The van der Waals surface area contributed by atoms with Crippen LogP contribution in [0, 0.1) is 24.2 Å². The Morgan fingerprint density at radius 2 is 1.31 bits per heavy atom. The van der Waals surface area contributed by atoms with E-state index < -0.39 is 0 Å². The maximum Gasteiger partial charge on any atom is 0.167 e. The zero-order valence-electron chi connectivity index (χ0n) is 16.9. The molecule has 4 rings (SSSR count). The lowest BCUT2D eigenvalue weighted by Crippen LogP contribution is -1.81. The Hall–Kier alpha value is -3.10. The number of nitrogens with zero attached hydrogens (tertiary/aromatic N) is 2. The van der Waals surface area contributed by atoms with Crippen molar-refractivity contribution in [2.45, 2.75) is 7.43 Å². The van der Waals surface area contributed by atoms with Crippen LogP contribution in [0.1, 0.15) is 23.6 Å². The minimum absolute atomic E-state index is 0. The van der Waals surface area contributed by atoms with Gasteiger partial charge in [0.05, 0.1) is 14.2 Å². The summed E-state index contributed by atoms with van der Waals surface area (Å²) in [5, 5.41) is 4.67. The van der Waals surface area contributed by atoms with Gasteiger partial charge in [0.25, 0.3) is 0 Å². The van der Waals surface area contributed by atoms with Gasteiger partial charge in [-0.05, 0) is 70.4 Å². The van der Waals surface area contributed by atoms with E-state index in [1.807, 2.05) is 59.3 Å². The van der Waals surface area contributed by atoms with Gasteiger partial charge in [-0.1, -0.05) is 19.3 Å². The van der Waals surface area contributed by atoms with Gasteiger partial charge in [0.2, 0.25) is 0 Å². The van der Waals surface area contributed by atoms with E-state index >= 15 is 0 Å². The molecule has 0 bridgehead atoms. The van der Waals surface area contributed by atoms with Gasteiger partial charge in [0.15, 0.2) is 8.92 Å². The molecule has 0 spiro atoms. The summed E-state index contributed by atoms with van der Waals surface area (Å²) < 4.78 is 11.0. The fraction of sp³-hybridized carbons (Fsp3) is 0.120. The van der Waals surface area contributed by atoms with Crippen molar-refractivity contribution in [1.29, 1.82) is 0 Å². The zero-order valence-corrected chi connectivity index (χ0v) is 20.1. The summed E-state index contributed by atoms with van der Waals surface area (Å²) in [5.74, 6) is 10.2. The molecule has 4 aromatic rings. The average Bonchev–Trinajstić information content (AvgIpc) is 3.53. The van der Waals surface area contributed by atoms with E-state index in [9.17, 15) is 0 Å². The van der Waals surface area contributed by atoms with Gasteiger partial charge in [0.1, 0.15) is 11.5 Å². The van der Waals surface area contributed by atoms with Crippen LogP contribution in [0.5, 0.6) is 11.5 Å². The van der Waals surface area contributed by atoms with Crippen molar-refractivity contribution in [3.8, 4) is 35.7 Å². The number of halogens is 1. The molecule has 0 saturated carbocycles. The number of methoxy groups -OCH3 is 2. The standard InChI is InChI=1S/C12H9NOS.C9H8O.C3H2BrNS.CH4/c1-14-11-5-2-10(3-6-11)4-7-12-13-8-9-15-12;1-3-8-4-6-9(10-2)7-5-8;4-3-5-1-2-6-3;/h2-3,5-6,8-9H,1H3;1,4-7H,2H3;1-2H;1H4. The highest BCUT2D eigenvalue weighted by atomic mass is 79.9. The van der Waals surface area contributed by atoms with E-state index in [0.29, 0.717) is 0 Å². The predicted octanol–water partition coefficient (Wildman–Crippen LogP) is 6.77. The van der Waals surface area contributed by atoms with E-state index in [2.05, 4.69) is 43.7 Å². The molecule has 0 aliphatic heterocycles. The Morgan fingerprint density at radius 1 is 0.781 bits per heavy atom. The molecule has 0 atom stereocenters. The van der Waals surface area contributed by atoms with Crippen LogP contribution in [0.25, 0.3) is 0 Å². The lowest BCUT2D eigenvalue weighted by Gasteiger charge is -1.97. The monoisotopic (exact) mass is 526 g/mol. The summed E-state index contributed by atoms with van der Waals surface area (Å²) in [7, 11) is 3.28. The third kappa shape index (κ3) is 10.3.